The molecule has 0 fully saturated rings. The predicted octanol–water partition coefficient (Wildman–Crippen LogP) is 0.910. The van der Waals surface area contributed by atoms with Crippen molar-refractivity contribution in [2.24, 2.45) is 11.7 Å². The molecule has 0 aromatic rings. The average Bonchev–Trinajstić information content (AvgIpc) is 2.04. The summed E-state index contributed by atoms with van der Waals surface area (Å²) in [5.74, 6) is 0.176. The zero-order chi connectivity index (χ0) is 9.56. The molecule has 0 aromatic carbocycles. The van der Waals surface area contributed by atoms with Crippen molar-refractivity contribution in [1.29, 1.82) is 0 Å². The Bertz CT molecular complexity index is 166. The van der Waals surface area contributed by atoms with Crippen molar-refractivity contribution in [3.05, 3.63) is 0 Å². The van der Waals surface area contributed by atoms with Crippen LogP contribution < -0.4 is 5.73 Å². The molecule has 1 unspecified atom stereocenters. The molecule has 0 amide bonds. The summed E-state index contributed by atoms with van der Waals surface area (Å²) < 4.78 is 0. The number of hydrogen-bond acceptors (Lipinski definition) is 3. The summed E-state index contributed by atoms with van der Waals surface area (Å²) in [6, 6.07) is 0. The van der Waals surface area contributed by atoms with E-state index in [1.54, 1.807) is 0 Å². The molecule has 1 atom stereocenters. The standard InChI is InChI=1S/C9H17NO2/c1-3-9(12)8(6-10)5-4-7(2)11/h8H,3-6,10H2,1-2H3. The minimum absolute atomic E-state index is 0.112. The predicted molar refractivity (Wildman–Crippen MR) is 47.8 cm³/mol. The molecule has 0 heterocycles. The highest BCUT2D eigenvalue weighted by Crippen LogP contribution is 2.08. The monoisotopic (exact) mass is 171 g/mol. The quantitative estimate of drug-likeness (QED) is 0.646. The summed E-state index contributed by atoms with van der Waals surface area (Å²) in [4.78, 5) is 21.8. The second-order valence-corrected chi connectivity index (χ2v) is 2.99. The Balaban J connectivity index is 3.83. The minimum Gasteiger partial charge on any atom is -0.330 e. The highest BCUT2D eigenvalue weighted by molar-refractivity contribution is 5.82. The summed E-state index contributed by atoms with van der Waals surface area (Å²) in [6.45, 7) is 3.71. The molecule has 0 saturated carbocycles. The third kappa shape index (κ3) is 4.23. The lowest BCUT2D eigenvalue weighted by Gasteiger charge is -2.10. The van der Waals surface area contributed by atoms with Crippen LogP contribution in [0.1, 0.15) is 33.1 Å². The van der Waals surface area contributed by atoms with Crippen molar-refractivity contribution < 1.29 is 9.59 Å². The number of rotatable bonds is 6. The first-order valence-electron chi connectivity index (χ1n) is 4.34. The van der Waals surface area contributed by atoms with Crippen LogP contribution in [0.5, 0.6) is 0 Å². The van der Waals surface area contributed by atoms with Gasteiger partial charge in [0.2, 0.25) is 0 Å². The average molecular weight is 171 g/mol. The summed E-state index contributed by atoms with van der Waals surface area (Å²) in [6.07, 6.45) is 1.59. The molecule has 2 N–H and O–H groups in total. The normalized spacial score (nSPS) is 12.6. The molecule has 0 bridgehead atoms. The molecule has 0 aliphatic rings. The van der Waals surface area contributed by atoms with Gasteiger partial charge in [-0.15, -0.1) is 0 Å². The molecule has 0 radical (unpaired) electrons. The maximum Gasteiger partial charge on any atom is 0.136 e. The van der Waals surface area contributed by atoms with E-state index in [1.165, 1.54) is 6.92 Å². The number of Topliss-reactive ketones (excluding diaryl/α,β-unsaturated/α-hetero) is 2. The number of nitrogens with two attached hydrogens (primary N) is 1. The van der Waals surface area contributed by atoms with E-state index in [2.05, 4.69) is 0 Å². The molecular formula is C9H17NO2. The smallest absolute Gasteiger partial charge is 0.136 e. The Hall–Kier alpha value is -0.700. The first kappa shape index (κ1) is 11.3. The van der Waals surface area contributed by atoms with Crippen molar-refractivity contribution in [2.75, 3.05) is 6.54 Å². The maximum atomic E-state index is 11.2. The fraction of sp³-hybridized carbons (Fsp3) is 0.778. The Morgan fingerprint density at radius 3 is 2.33 bits per heavy atom. The van der Waals surface area contributed by atoms with Gasteiger partial charge in [-0.25, -0.2) is 0 Å². The lowest BCUT2D eigenvalue weighted by Crippen LogP contribution is -2.23. The van der Waals surface area contributed by atoms with Crippen LogP contribution >= 0.6 is 0 Å². The fourth-order valence-electron chi connectivity index (χ4n) is 1.08. The highest BCUT2D eigenvalue weighted by atomic mass is 16.1. The van der Waals surface area contributed by atoms with Gasteiger partial charge in [-0.2, -0.15) is 0 Å². The number of carbonyl (C=O) groups is 2. The molecule has 0 aliphatic carbocycles. The second kappa shape index (κ2) is 5.89. The van der Waals surface area contributed by atoms with E-state index in [-0.39, 0.29) is 17.5 Å². The molecule has 0 saturated heterocycles. The van der Waals surface area contributed by atoms with Crippen LogP contribution in [0.3, 0.4) is 0 Å². The van der Waals surface area contributed by atoms with Crippen LogP contribution in [0.15, 0.2) is 0 Å². The van der Waals surface area contributed by atoms with Gasteiger partial charge in [-0.3, -0.25) is 4.79 Å². The molecule has 70 valence electrons. The number of hydrogen-bond donors (Lipinski definition) is 1. The van der Waals surface area contributed by atoms with Crippen LogP contribution in [0, 0.1) is 5.92 Å². The van der Waals surface area contributed by atoms with Gasteiger partial charge < -0.3 is 10.5 Å². The van der Waals surface area contributed by atoms with Gasteiger partial charge in [-0.05, 0) is 13.3 Å². The zero-order valence-corrected chi connectivity index (χ0v) is 7.80. The van der Waals surface area contributed by atoms with E-state index < -0.39 is 0 Å². The summed E-state index contributed by atoms with van der Waals surface area (Å²) in [5.41, 5.74) is 5.40. The fourth-order valence-corrected chi connectivity index (χ4v) is 1.08. The summed E-state index contributed by atoms with van der Waals surface area (Å²) in [7, 11) is 0. The topological polar surface area (TPSA) is 60.2 Å². The molecule has 0 rings (SSSR count). The van der Waals surface area contributed by atoms with Crippen LogP contribution in [-0.4, -0.2) is 18.1 Å². The largest absolute Gasteiger partial charge is 0.330 e. The van der Waals surface area contributed by atoms with Crippen LogP contribution in [0.2, 0.25) is 0 Å². The van der Waals surface area contributed by atoms with E-state index >= 15 is 0 Å². The van der Waals surface area contributed by atoms with E-state index in [1.807, 2.05) is 6.92 Å². The molecule has 0 spiro atoms. The molecule has 12 heavy (non-hydrogen) atoms. The minimum atomic E-state index is -0.112. The van der Waals surface area contributed by atoms with Crippen molar-refractivity contribution in [1.82, 2.24) is 0 Å². The van der Waals surface area contributed by atoms with Crippen LogP contribution in [0.25, 0.3) is 0 Å². The van der Waals surface area contributed by atoms with Crippen molar-refractivity contribution in [3.63, 3.8) is 0 Å². The van der Waals surface area contributed by atoms with E-state index in [4.69, 9.17) is 5.73 Å². The summed E-state index contributed by atoms with van der Waals surface area (Å²) >= 11 is 0. The maximum absolute atomic E-state index is 11.2. The van der Waals surface area contributed by atoms with Gasteiger partial charge >= 0.3 is 0 Å². The first-order chi connectivity index (χ1) is 5.61. The zero-order valence-electron chi connectivity index (χ0n) is 7.80. The molecule has 0 aromatic heterocycles. The van der Waals surface area contributed by atoms with Crippen molar-refractivity contribution >= 4 is 11.6 Å². The lowest BCUT2D eigenvalue weighted by molar-refractivity contribution is -0.123. The van der Waals surface area contributed by atoms with E-state index in [0.29, 0.717) is 25.8 Å². The van der Waals surface area contributed by atoms with E-state index in [0.717, 1.165) is 0 Å². The number of carbonyl (C=O) groups excluding carboxylic acids is 2. The molecule has 0 aliphatic heterocycles. The van der Waals surface area contributed by atoms with Crippen LogP contribution in [0.4, 0.5) is 0 Å². The highest BCUT2D eigenvalue weighted by Gasteiger charge is 2.14. The molecule has 3 heteroatoms. The Morgan fingerprint density at radius 1 is 1.42 bits per heavy atom. The Labute approximate surface area is 73.3 Å². The van der Waals surface area contributed by atoms with Gasteiger partial charge in [0, 0.05) is 25.3 Å². The van der Waals surface area contributed by atoms with Gasteiger partial charge in [-0.1, -0.05) is 6.92 Å². The van der Waals surface area contributed by atoms with Gasteiger partial charge in [0.15, 0.2) is 0 Å². The third-order valence-electron chi connectivity index (χ3n) is 1.93. The molecule has 3 nitrogen and oxygen atoms in total. The van der Waals surface area contributed by atoms with Gasteiger partial charge in [0.1, 0.15) is 11.6 Å². The first-order valence-corrected chi connectivity index (χ1v) is 4.34. The number of ketones is 2. The Kier molecular flexibility index (Phi) is 5.54. The molecular weight excluding hydrogens is 154 g/mol. The van der Waals surface area contributed by atoms with E-state index in [9.17, 15) is 9.59 Å². The second-order valence-electron chi connectivity index (χ2n) is 2.99. The SMILES string of the molecule is CCC(=O)C(CN)CCC(C)=O. The van der Waals surface area contributed by atoms with Crippen molar-refractivity contribution in [2.45, 2.75) is 33.1 Å². The summed E-state index contributed by atoms with van der Waals surface area (Å²) in [5, 5.41) is 0. The van der Waals surface area contributed by atoms with Gasteiger partial charge in [0.05, 0.1) is 0 Å². The van der Waals surface area contributed by atoms with Gasteiger partial charge in [0.25, 0.3) is 0 Å². The van der Waals surface area contributed by atoms with Crippen LogP contribution in [-0.2, 0) is 9.59 Å². The lowest BCUT2D eigenvalue weighted by atomic mass is 9.96. The van der Waals surface area contributed by atoms with Crippen molar-refractivity contribution in [3.8, 4) is 0 Å². The third-order valence-corrected chi connectivity index (χ3v) is 1.93. The Morgan fingerprint density at radius 2 is 2.00 bits per heavy atom.